The molecule has 18 heavy (non-hydrogen) atoms. The fourth-order valence-electron chi connectivity index (χ4n) is 2.10. The molecule has 0 N–H and O–H groups in total. The maximum Gasteiger partial charge on any atom is 0.0659 e. The van der Waals surface area contributed by atoms with Crippen molar-refractivity contribution in [2.75, 3.05) is 0 Å². The Hall–Kier alpha value is -2.07. The molecule has 0 aliphatic carbocycles. The van der Waals surface area contributed by atoms with Crippen molar-refractivity contribution >= 4 is 0 Å². The lowest BCUT2D eigenvalue weighted by atomic mass is 9.94. The SMILES string of the molecule is N#CC(CCc1ccccc1)Cc1ccccc1. The van der Waals surface area contributed by atoms with Gasteiger partial charge in [0.1, 0.15) is 0 Å². The molecule has 90 valence electrons. The van der Waals surface area contributed by atoms with Crippen molar-refractivity contribution in [2.45, 2.75) is 19.3 Å². The first kappa shape index (κ1) is 12.4. The lowest BCUT2D eigenvalue weighted by molar-refractivity contribution is 0.600. The third kappa shape index (κ3) is 3.75. The molecule has 2 rings (SSSR count). The highest BCUT2D eigenvalue weighted by atomic mass is 14.3. The summed E-state index contributed by atoms with van der Waals surface area (Å²) < 4.78 is 0. The van der Waals surface area contributed by atoms with Gasteiger partial charge < -0.3 is 0 Å². The Kier molecular flexibility index (Phi) is 4.55. The number of rotatable bonds is 5. The number of aryl methyl sites for hydroxylation is 1. The van der Waals surface area contributed by atoms with Crippen LogP contribution in [0.3, 0.4) is 0 Å². The van der Waals surface area contributed by atoms with Crippen molar-refractivity contribution in [3.05, 3.63) is 71.8 Å². The average molecular weight is 235 g/mol. The van der Waals surface area contributed by atoms with E-state index in [1.165, 1.54) is 11.1 Å². The Balaban J connectivity index is 1.89. The summed E-state index contributed by atoms with van der Waals surface area (Å²) in [5, 5.41) is 9.22. The third-order valence-electron chi connectivity index (χ3n) is 3.13. The monoisotopic (exact) mass is 235 g/mol. The summed E-state index contributed by atoms with van der Waals surface area (Å²) >= 11 is 0. The minimum atomic E-state index is 0.104. The van der Waals surface area contributed by atoms with Gasteiger partial charge in [0.2, 0.25) is 0 Å². The van der Waals surface area contributed by atoms with E-state index in [2.05, 4.69) is 30.3 Å². The van der Waals surface area contributed by atoms with Gasteiger partial charge in [-0.1, -0.05) is 60.7 Å². The topological polar surface area (TPSA) is 23.8 Å². The van der Waals surface area contributed by atoms with Gasteiger partial charge in [-0.25, -0.2) is 0 Å². The molecular formula is C17H17N. The van der Waals surface area contributed by atoms with Crippen molar-refractivity contribution in [2.24, 2.45) is 5.92 Å². The zero-order chi connectivity index (χ0) is 12.6. The van der Waals surface area contributed by atoms with E-state index in [-0.39, 0.29) is 5.92 Å². The molecular weight excluding hydrogens is 218 g/mol. The lowest BCUT2D eigenvalue weighted by Crippen LogP contribution is -2.03. The predicted octanol–water partition coefficient (Wildman–Crippen LogP) is 4.00. The van der Waals surface area contributed by atoms with Crippen LogP contribution in [0.1, 0.15) is 17.5 Å². The maximum absolute atomic E-state index is 9.22. The molecule has 2 aromatic carbocycles. The molecule has 0 fully saturated rings. The van der Waals surface area contributed by atoms with Crippen molar-refractivity contribution in [1.29, 1.82) is 5.26 Å². The lowest BCUT2D eigenvalue weighted by Gasteiger charge is -2.09. The molecule has 0 aliphatic rings. The van der Waals surface area contributed by atoms with Crippen LogP contribution in [0, 0.1) is 17.2 Å². The van der Waals surface area contributed by atoms with Gasteiger partial charge >= 0.3 is 0 Å². The maximum atomic E-state index is 9.22. The second-order valence-electron chi connectivity index (χ2n) is 4.54. The van der Waals surface area contributed by atoms with Gasteiger partial charge in [-0.15, -0.1) is 0 Å². The molecule has 0 saturated carbocycles. The Morgan fingerprint density at radius 2 is 1.39 bits per heavy atom. The van der Waals surface area contributed by atoms with E-state index in [1.54, 1.807) is 0 Å². The molecule has 2 aromatic rings. The van der Waals surface area contributed by atoms with Gasteiger partial charge in [0.05, 0.1) is 12.0 Å². The molecule has 1 atom stereocenters. The van der Waals surface area contributed by atoms with Crippen LogP contribution in [0.25, 0.3) is 0 Å². The first-order valence-corrected chi connectivity index (χ1v) is 6.36. The van der Waals surface area contributed by atoms with Gasteiger partial charge in [0.25, 0.3) is 0 Å². The third-order valence-corrected chi connectivity index (χ3v) is 3.13. The molecule has 0 amide bonds. The molecule has 0 aromatic heterocycles. The zero-order valence-corrected chi connectivity index (χ0v) is 10.4. The number of nitriles is 1. The van der Waals surface area contributed by atoms with E-state index in [0.717, 1.165) is 19.3 Å². The average Bonchev–Trinajstić information content (AvgIpc) is 2.45. The Morgan fingerprint density at radius 3 is 1.94 bits per heavy atom. The van der Waals surface area contributed by atoms with E-state index in [4.69, 9.17) is 0 Å². The van der Waals surface area contributed by atoms with Crippen LogP contribution in [-0.2, 0) is 12.8 Å². The molecule has 0 aliphatic heterocycles. The highest BCUT2D eigenvalue weighted by molar-refractivity contribution is 5.18. The summed E-state index contributed by atoms with van der Waals surface area (Å²) in [4.78, 5) is 0. The summed E-state index contributed by atoms with van der Waals surface area (Å²) in [7, 11) is 0. The summed E-state index contributed by atoms with van der Waals surface area (Å²) in [5.41, 5.74) is 2.56. The van der Waals surface area contributed by atoms with Crippen molar-refractivity contribution in [3.8, 4) is 6.07 Å². The summed E-state index contributed by atoms with van der Waals surface area (Å²) in [6.45, 7) is 0. The molecule has 1 nitrogen and oxygen atoms in total. The van der Waals surface area contributed by atoms with Crippen LogP contribution in [0.5, 0.6) is 0 Å². The van der Waals surface area contributed by atoms with Crippen LogP contribution in [0.2, 0.25) is 0 Å². The van der Waals surface area contributed by atoms with Gasteiger partial charge in [0, 0.05) is 0 Å². The standard InChI is InChI=1S/C17H17N/c18-14-17(13-16-9-5-2-6-10-16)12-11-15-7-3-1-4-8-15/h1-10,17H,11-13H2. The fourth-order valence-corrected chi connectivity index (χ4v) is 2.10. The van der Waals surface area contributed by atoms with Gasteiger partial charge in [-0.3, -0.25) is 0 Å². The first-order chi connectivity index (χ1) is 8.88. The minimum absolute atomic E-state index is 0.104. The van der Waals surface area contributed by atoms with E-state index in [9.17, 15) is 5.26 Å². The van der Waals surface area contributed by atoms with Gasteiger partial charge in [-0.2, -0.15) is 5.26 Å². The minimum Gasteiger partial charge on any atom is -0.198 e. The molecule has 1 heteroatoms. The largest absolute Gasteiger partial charge is 0.198 e. The normalized spacial score (nSPS) is 11.7. The van der Waals surface area contributed by atoms with Crippen molar-refractivity contribution in [3.63, 3.8) is 0 Å². The number of nitrogens with zero attached hydrogens (tertiary/aromatic N) is 1. The predicted molar refractivity (Wildman–Crippen MR) is 74.0 cm³/mol. The van der Waals surface area contributed by atoms with Crippen LogP contribution < -0.4 is 0 Å². The highest BCUT2D eigenvalue weighted by Gasteiger charge is 2.08. The molecule has 0 radical (unpaired) electrons. The van der Waals surface area contributed by atoms with Crippen molar-refractivity contribution < 1.29 is 0 Å². The first-order valence-electron chi connectivity index (χ1n) is 6.36. The van der Waals surface area contributed by atoms with E-state index in [0.29, 0.717) is 0 Å². The molecule has 0 heterocycles. The van der Waals surface area contributed by atoms with E-state index < -0.39 is 0 Å². The summed E-state index contributed by atoms with van der Waals surface area (Å²) in [5.74, 6) is 0.104. The van der Waals surface area contributed by atoms with Gasteiger partial charge in [-0.05, 0) is 30.4 Å². The smallest absolute Gasteiger partial charge is 0.0659 e. The van der Waals surface area contributed by atoms with Crippen LogP contribution in [0.15, 0.2) is 60.7 Å². The summed E-state index contributed by atoms with van der Waals surface area (Å²) in [6, 6.07) is 23.0. The Bertz CT molecular complexity index is 496. The van der Waals surface area contributed by atoms with Crippen LogP contribution >= 0.6 is 0 Å². The number of benzene rings is 2. The second-order valence-corrected chi connectivity index (χ2v) is 4.54. The zero-order valence-electron chi connectivity index (χ0n) is 10.4. The molecule has 0 spiro atoms. The molecule has 0 bridgehead atoms. The molecule has 1 unspecified atom stereocenters. The fraction of sp³-hybridized carbons (Fsp3) is 0.235. The Labute approximate surface area is 109 Å². The summed E-state index contributed by atoms with van der Waals surface area (Å²) in [6.07, 6.45) is 2.76. The van der Waals surface area contributed by atoms with Crippen LogP contribution in [-0.4, -0.2) is 0 Å². The number of hydrogen-bond donors (Lipinski definition) is 0. The quantitative estimate of drug-likeness (QED) is 0.768. The van der Waals surface area contributed by atoms with Crippen LogP contribution in [0.4, 0.5) is 0 Å². The Morgan fingerprint density at radius 1 is 0.833 bits per heavy atom. The van der Waals surface area contributed by atoms with E-state index >= 15 is 0 Å². The van der Waals surface area contributed by atoms with Gasteiger partial charge in [0.15, 0.2) is 0 Å². The van der Waals surface area contributed by atoms with E-state index in [1.807, 2.05) is 36.4 Å². The molecule has 0 saturated heterocycles. The number of hydrogen-bond acceptors (Lipinski definition) is 1. The second kappa shape index (κ2) is 6.61. The highest BCUT2D eigenvalue weighted by Crippen LogP contribution is 2.14. The van der Waals surface area contributed by atoms with Crippen molar-refractivity contribution in [1.82, 2.24) is 0 Å².